The van der Waals surface area contributed by atoms with Crippen molar-refractivity contribution < 1.29 is 4.39 Å². The summed E-state index contributed by atoms with van der Waals surface area (Å²) in [5.74, 6) is -0.164. The van der Waals surface area contributed by atoms with Crippen LogP contribution in [0.15, 0.2) is 48.5 Å². The fourth-order valence-corrected chi connectivity index (χ4v) is 3.39. The number of hydrogen-bond donors (Lipinski definition) is 0. The van der Waals surface area contributed by atoms with Crippen LogP contribution in [0.1, 0.15) is 31.9 Å². The lowest BCUT2D eigenvalue weighted by atomic mass is 10.0. The monoisotopic (exact) mass is 340 g/mol. The second-order valence-corrected chi connectivity index (χ2v) is 7.15. The van der Waals surface area contributed by atoms with Gasteiger partial charge in [-0.2, -0.15) is 0 Å². The minimum absolute atomic E-state index is 0.1000. The molecule has 2 aromatic carbocycles. The van der Waals surface area contributed by atoms with Crippen LogP contribution in [0.2, 0.25) is 0 Å². The van der Waals surface area contributed by atoms with Crippen molar-refractivity contribution in [3.05, 3.63) is 66.6 Å². The smallest absolute Gasteiger partial charge is 0.148 e. The Bertz CT molecular complexity index is 700. The zero-order valence-electron chi connectivity index (χ0n) is 15.5. The lowest BCUT2D eigenvalue weighted by Gasteiger charge is -2.32. The summed E-state index contributed by atoms with van der Waals surface area (Å²) in [6.07, 6.45) is 0.924. The van der Waals surface area contributed by atoms with Crippen molar-refractivity contribution in [2.45, 2.75) is 32.4 Å². The molecular weight excluding hydrogens is 313 g/mol. The Balaban J connectivity index is 2.02. The number of halogens is 1. The second-order valence-electron chi connectivity index (χ2n) is 7.15. The van der Waals surface area contributed by atoms with Crippen LogP contribution in [0.25, 0.3) is 0 Å². The third-order valence-electron chi connectivity index (χ3n) is 4.68. The van der Waals surface area contributed by atoms with E-state index in [-0.39, 0.29) is 17.9 Å². The molecule has 0 saturated heterocycles. The number of para-hydroxylation sites is 1. The molecule has 0 amide bonds. The van der Waals surface area contributed by atoms with Gasteiger partial charge in [0.05, 0.1) is 17.4 Å². The van der Waals surface area contributed by atoms with E-state index in [0.717, 1.165) is 18.7 Å². The third-order valence-corrected chi connectivity index (χ3v) is 4.68. The summed E-state index contributed by atoms with van der Waals surface area (Å²) in [5, 5.41) is 0. The number of fused-ring (bicyclic) bond motifs is 1. The van der Waals surface area contributed by atoms with Gasteiger partial charge in [0.15, 0.2) is 0 Å². The normalized spacial score (nSPS) is 15.2. The van der Waals surface area contributed by atoms with Crippen LogP contribution in [-0.4, -0.2) is 31.6 Å². The standard InChI is InChI=1S/C21H27FN3/c1-16(2)24-15-25(21-18(22)11-8-12-20(21)24)19(13-14-23(3)4)17-9-6-5-7-10-17/h5-12,15-16,19H,13-14H2,1-4H3/t19-/m1/s1. The quantitative estimate of drug-likeness (QED) is 0.756. The molecule has 0 N–H and O–H groups in total. The molecule has 0 unspecified atom stereocenters. The van der Waals surface area contributed by atoms with Crippen LogP contribution in [0.5, 0.6) is 0 Å². The van der Waals surface area contributed by atoms with E-state index in [4.69, 9.17) is 0 Å². The van der Waals surface area contributed by atoms with Gasteiger partial charge in [-0.1, -0.05) is 36.4 Å². The summed E-state index contributed by atoms with van der Waals surface area (Å²) < 4.78 is 14.8. The van der Waals surface area contributed by atoms with Crippen molar-refractivity contribution in [2.75, 3.05) is 30.4 Å². The van der Waals surface area contributed by atoms with E-state index in [1.165, 1.54) is 5.56 Å². The fourth-order valence-electron chi connectivity index (χ4n) is 3.39. The predicted octanol–water partition coefficient (Wildman–Crippen LogP) is 4.67. The van der Waals surface area contributed by atoms with Crippen molar-refractivity contribution in [3.63, 3.8) is 0 Å². The van der Waals surface area contributed by atoms with Crippen LogP contribution < -0.4 is 9.80 Å². The molecule has 0 saturated carbocycles. The average molecular weight is 340 g/mol. The molecule has 25 heavy (non-hydrogen) atoms. The van der Waals surface area contributed by atoms with Crippen molar-refractivity contribution in [1.29, 1.82) is 0 Å². The van der Waals surface area contributed by atoms with Gasteiger partial charge in [-0.05, 0) is 58.6 Å². The average Bonchev–Trinajstić information content (AvgIpc) is 2.97. The summed E-state index contributed by atoms with van der Waals surface area (Å²) in [5.41, 5.74) is 2.84. The van der Waals surface area contributed by atoms with Crippen LogP contribution in [0.4, 0.5) is 15.8 Å². The van der Waals surface area contributed by atoms with Gasteiger partial charge < -0.3 is 14.7 Å². The lowest BCUT2D eigenvalue weighted by Crippen LogP contribution is -2.34. The molecule has 1 aliphatic heterocycles. The van der Waals surface area contributed by atoms with Gasteiger partial charge in [-0.3, -0.25) is 0 Å². The van der Waals surface area contributed by atoms with Gasteiger partial charge in [-0.25, -0.2) is 4.39 Å². The van der Waals surface area contributed by atoms with Crippen molar-refractivity contribution in [3.8, 4) is 0 Å². The molecular formula is C21H27FN3. The third kappa shape index (κ3) is 3.64. The Kier molecular flexibility index (Phi) is 5.28. The first-order chi connectivity index (χ1) is 12.0. The maximum atomic E-state index is 14.8. The van der Waals surface area contributed by atoms with Gasteiger partial charge in [0.25, 0.3) is 0 Å². The molecule has 0 aliphatic carbocycles. The van der Waals surface area contributed by atoms with Crippen molar-refractivity contribution in [1.82, 2.24) is 4.90 Å². The number of hydrogen-bond acceptors (Lipinski definition) is 3. The molecule has 0 fully saturated rings. The van der Waals surface area contributed by atoms with E-state index >= 15 is 0 Å². The predicted molar refractivity (Wildman–Crippen MR) is 103 cm³/mol. The Labute approximate surface area is 150 Å². The Morgan fingerprint density at radius 2 is 1.68 bits per heavy atom. The van der Waals surface area contributed by atoms with Crippen LogP contribution in [0.3, 0.4) is 0 Å². The topological polar surface area (TPSA) is 9.72 Å². The van der Waals surface area contributed by atoms with Crippen LogP contribution in [0, 0.1) is 12.5 Å². The number of benzene rings is 2. The Hall–Kier alpha value is -2.07. The Morgan fingerprint density at radius 1 is 0.960 bits per heavy atom. The summed E-state index contributed by atoms with van der Waals surface area (Å²) in [6.45, 7) is 7.28. The van der Waals surface area contributed by atoms with Crippen molar-refractivity contribution in [2.24, 2.45) is 0 Å². The highest BCUT2D eigenvalue weighted by Crippen LogP contribution is 2.46. The lowest BCUT2D eigenvalue weighted by molar-refractivity contribution is 0.379. The van der Waals surface area contributed by atoms with E-state index in [1.54, 1.807) is 12.1 Å². The first-order valence-electron chi connectivity index (χ1n) is 8.89. The molecule has 0 spiro atoms. The highest BCUT2D eigenvalue weighted by molar-refractivity contribution is 5.80. The van der Waals surface area contributed by atoms with E-state index in [1.807, 2.05) is 12.1 Å². The second kappa shape index (κ2) is 7.44. The number of anilines is 2. The van der Waals surface area contributed by atoms with E-state index in [0.29, 0.717) is 5.69 Å². The van der Waals surface area contributed by atoms with Gasteiger partial charge in [0.1, 0.15) is 12.5 Å². The number of rotatable bonds is 6. The molecule has 0 aromatic heterocycles. The zero-order valence-corrected chi connectivity index (χ0v) is 15.5. The van der Waals surface area contributed by atoms with Crippen molar-refractivity contribution >= 4 is 11.4 Å². The maximum Gasteiger partial charge on any atom is 0.148 e. The van der Waals surface area contributed by atoms with Gasteiger partial charge in [0.2, 0.25) is 0 Å². The molecule has 1 atom stereocenters. The zero-order chi connectivity index (χ0) is 18.0. The minimum atomic E-state index is -0.164. The first kappa shape index (κ1) is 17.7. The fraction of sp³-hybridized carbons (Fsp3) is 0.381. The van der Waals surface area contributed by atoms with Gasteiger partial charge in [-0.15, -0.1) is 0 Å². The van der Waals surface area contributed by atoms with Gasteiger partial charge >= 0.3 is 0 Å². The highest BCUT2D eigenvalue weighted by atomic mass is 19.1. The van der Waals surface area contributed by atoms with Crippen LogP contribution >= 0.6 is 0 Å². The molecule has 1 heterocycles. The maximum absolute atomic E-state index is 14.8. The first-order valence-corrected chi connectivity index (χ1v) is 8.89. The number of nitrogens with zero attached hydrogens (tertiary/aromatic N) is 3. The molecule has 0 bridgehead atoms. The molecule has 3 nitrogen and oxygen atoms in total. The van der Waals surface area contributed by atoms with E-state index in [9.17, 15) is 4.39 Å². The minimum Gasteiger partial charge on any atom is -0.344 e. The Morgan fingerprint density at radius 3 is 2.32 bits per heavy atom. The SMILES string of the molecule is CC(C)N1[CH]N([C@H](CCN(C)C)c2ccccc2)c2c(F)cccc21. The van der Waals surface area contributed by atoms with E-state index < -0.39 is 0 Å². The summed E-state index contributed by atoms with van der Waals surface area (Å²) in [6, 6.07) is 16.1. The van der Waals surface area contributed by atoms with Crippen LogP contribution in [-0.2, 0) is 0 Å². The molecule has 2 aromatic rings. The molecule has 4 heteroatoms. The summed E-state index contributed by atoms with van der Waals surface area (Å²) >= 11 is 0. The van der Waals surface area contributed by atoms with Gasteiger partial charge in [0, 0.05) is 6.04 Å². The summed E-state index contributed by atoms with van der Waals surface area (Å²) in [4.78, 5) is 6.45. The molecule has 3 rings (SSSR count). The largest absolute Gasteiger partial charge is 0.344 e. The molecule has 133 valence electrons. The molecule has 1 aliphatic rings. The molecule has 1 radical (unpaired) electrons. The highest BCUT2D eigenvalue weighted by Gasteiger charge is 2.35. The summed E-state index contributed by atoms with van der Waals surface area (Å²) in [7, 11) is 4.15. The van der Waals surface area contributed by atoms with E-state index in [2.05, 4.69) is 73.6 Å².